The molecule has 7 nitrogen and oxygen atoms in total. The Labute approximate surface area is 181 Å². The summed E-state index contributed by atoms with van der Waals surface area (Å²) in [6.45, 7) is 0. The standard InChI is InChI=1S/C20H14Cl2N4O3S/c21-13-4-8-16(15(22)10-13)26-30(28,29)14-5-1-11(2-6-14)20-24-17-7-3-12(19(23)27)9-18(17)25-20/h1-10,26H,(H2,23,27)(H,24,25)/p+1. The third-order valence-electron chi connectivity index (χ3n) is 4.47. The Hall–Kier alpha value is -2.91. The highest BCUT2D eigenvalue weighted by Gasteiger charge is 2.21. The summed E-state index contributed by atoms with van der Waals surface area (Å²) < 4.78 is 26.5. The zero-order valence-corrected chi connectivity index (χ0v) is 17.6. The van der Waals surface area contributed by atoms with Crippen molar-refractivity contribution >= 4 is 55.9 Å². The first-order valence-electron chi connectivity index (χ1n) is 8.68. The van der Waals surface area contributed by atoms with Gasteiger partial charge in [-0.3, -0.25) is 4.79 Å². The van der Waals surface area contributed by atoms with Crippen molar-refractivity contribution in [2.45, 2.75) is 4.90 Å². The van der Waals surface area contributed by atoms with Crippen LogP contribution in [0.25, 0.3) is 22.4 Å². The second-order valence-corrected chi connectivity index (χ2v) is 9.18. The molecule has 10 heteroatoms. The Morgan fingerprint density at radius 1 is 1.00 bits per heavy atom. The van der Waals surface area contributed by atoms with Gasteiger partial charge in [-0.25, -0.2) is 9.71 Å². The molecule has 0 saturated carbocycles. The number of benzene rings is 3. The second kappa shape index (κ2) is 7.73. The lowest BCUT2D eigenvalue weighted by molar-refractivity contribution is -0.397. The van der Waals surface area contributed by atoms with Crippen molar-refractivity contribution in [3.63, 3.8) is 0 Å². The van der Waals surface area contributed by atoms with Crippen LogP contribution < -0.4 is 10.5 Å². The third-order valence-corrected chi connectivity index (χ3v) is 6.52. The molecule has 0 fully saturated rings. The van der Waals surface area contributed by atoms with Crippen molar-refractivity contribution in [2.75, 3.05) is 0 Å². The zero-order chi connectivity index (χ0) is 21.5. The molecule has 0 aliphatic rings. The number of primary sulfonamides is 1. The fraction of sp³-hybridized carbons (Fsp3) is 0. The van der Waals surface area contributed by atoms with Crippen LogP contribution in [0, 0.1) is 0 Å². The van der Waals surface area contributed by atoms with Crippen molar-refractivity contribution in [3.05, 3.63) is 76.3 Å². The van der Waals surface area contributed by atoms with E-state index in [4.69, 9.17) is 28.9 Å². The first kappa shape index (κ1) is 20.4. The van der Waals surface area contributed by atoms with Gasteiger partial charge in [-0.15, -0.1) is 0 Å². The fourth-order valence-electron chi connectivity index (χ4n) is 2.93. The molecule has 0 spiro atoms. The number of primary amides is 1. The average Bonchev–Trinajstić information content (AvgIpc) is 3.13. The number of rotatable bonds is 5. The maximum Gasteiger partial charge on any atom is 0.328 e. The minimum atomic E-state index is -3.72. The van der Waals surface area contributed by atoms with Gasteiger partial charge >= 0.3 is 10.0 Å². The molecule has 1 heterocycles. The quantitative estimate of drug-likeness (QED) is 0.394. The zero-order valence-electron chi connectivity index (χ0n) is 15.3. The average molecular weight is 462 g/mol. The van der Waals surface area contributed by atoms with Crippen LogP contribution in [0.1, 0.15) is 10.4 Å². The fourth-order valence-corrected chi connectivity index (χ4v) is 4.65. The van der Waals surface area contributed by atoms with Crippen LogP contribution in [-0.2, 0) is 10.0 Å². The van der Waals surface area contributed by atoms with Gasteiger partial charge in [0.25, 0.3) is 0 Å². The summed E-state index contributed by atoms with van der Waals surface area (Å²) in [5.74, 6) is 0.0138. The number of halogens is 2. The van der Waals surface area contributed by atoms with Crippen LogP contribution in [0.15, 0.2) is 65.6 Å². The molecular formula is C20H15Cl2N4O3S+. The van der Waals surface area contributed by atoms with E-state index in [9.17, 15) is 13.2 Å². The molecule has 3 aromatic carbocycles. The van der Waals surface area contributed by atoms with Gasteiger partial charge in [0.05, 0.1) is 11.0 Å². The van der Waals surface area contributed by atoms with Crippen LogP contribution in [0.4, 0.5) is 5.69 Å². The molecule has 0 saturated heterocycles. The molecule has 1 aromatic heterocycles. The largest absolute Gasteiger partial charge is 0.366 e. The number of hydrogen-bond donors (Lipinski definition) is 3. The molecule has 30 heavy (non-hydrogen) atoms. The van der Waals surface area contributed by atoms with E-state index in [-0.39, 0.29) is 9.92 Å². The van der Waals surface area contributed by atoms with E-state index in [1.54, 1.807) is 42.5 Å². The number of nitrogens with one attached hydrogen (secondary N) is 1. The summed E-state index contributed by atoms with van der Waals surface area (Å²) >= 11 is 11.9. The number of nitrogens with two attached hydrogens (primary N) is 2. The first-order valence-corrected chi connectivity index (χ1v) is 11.0. The van der Waals surface area contributed by atoms with E-state index in [0.717, 1.165) is 4.72 Å². The van der Waals surface area contributed by atoms with Gasteiger partial charge in [0.15, 0.2) is 5.69 Å². The molecule has 0 bridgehead atoms. The molecule has 4 rings (SSSR count). The van der Waals surface area contributed by atoms with Gasteiger partial charge in [-0.1, -0.05) is 23.2 Å². The maximum absolute atomic E-state index is 12.7. The van der Waals surface area contributed by atoms with Crippen LogP contribution in [0.2, 0.25) is 10.0 Å². The summed E-state index contributed by atoms with van der Waals surface area (Å²) in [6.07, 6.45) is 0. The number of aromatic nitrogens is 2. The Morgan fingerprint density at radius 3 is 2.40 bits per heavy atom. The predicted octanol–water partition coefficient (Wildman–Crippen LogP) is 3.22. The lowest BCUT2D eigenvalue weighted by atomic mass is 10.2. The van der Waals surface area contributed by atoms with E-state index in [0.29, 0.717) is 38.7 Å². The molecule has 0 atom stereocenters. The van der Waals surface area contributed by atoms with E-state index >= 15 is 0 Å². The molecule has 0 radical (unpaired) electrons. The monoisotopic (exact) mass is 461 g/mol. The van der Waals surface area contributed by atoms with Crippen LogP contribution in [0.3, 0.4) is 0 Å². The summed E-state index contributed by atoms with van der Waals surface area (Å²) in [7, 11) is -3.72. The van der Waals surface area contributed by atoms with E-state index in [1.165, 1.54) is 18.2 Å². The number of nitrogens with zero attached hydrogens (tertiary/aromatic N) is 1. The summed E-state index contributed by atoms with van der Waals surface area (Å²) in [4.78, 5) is 19.0. The Kier molecular flexibility index (Phi) is 5.25. The minimum absolute atomic E-state index is 0.115. The van der Waals surface area contributed by atoms with Gasteiger partial charge in [0.2, 0.25) is 5.91 Å². The SMILES string of the molecule is NC(=O)c1ccc2nc(-c3ccc(S(=O)(=O)[NH2+]c4ccc(Cl)cc4Cl)cc3)[nH]c2c1. The maximum atomic E-state index is 12.7. The molecular weight excluding hydrogens is 447 g/mol. The lowest BCUT2D eigenvalue weighted by Gasteiger charge is -2.05. The highest BCUT2D eigenvalue weighted by Crippen LogP contribution is 2.24. The van der Waals surface area contributed by atoms with Gasteiger partial charge in [-0.05, 0) is 54.6 Å². The number of amides is 1. The van der Waals surface area contributed by atoms with Gasteiger partial charge in [-0.2, -0.15) is 8.42 Å². The highest BCUT2D eigenvalue weighted by molar-refractivity contribution is 7.85. The van der Waals surface area contributed by atoms with Crippen LogP contribution in [0.5, 0.6) is 0 Å². The molecule has 4 aromatic rings. The van der Waals surface area contributed by atoms with Crippen LogP contribution >= 0.6 is 23.2 Å². The third kappa shape index (κ3) is 4.03. The second-order valence-electron chi connectivity index (χ2n) is 6.53. The normalized spacial score (nSPS) is 11.7. The predicted molar refractivity (Wildman–Crippen MR) is 115 cm³/mol. The topological polar surface area (TPSA) is 123 Å². The molecule has 152 valence electrons. The van der Waals surface area contributed by atoms with Gasteiger partial charge < -0.3 is 10.7 Å². The van der Waals surface area contributed by atoms with E-state index in [2.05, 4.69) is 9.97 Å². The van der Waals surface area contributed by atoms with E-state index < -0.39 is 15.9 Å². The van der Waals surface area contributed by atoms with Crippen molar-refractivity contribution in [3.8, 4) is 11.4 Å². The van der Waals surface area contributed by atoms with Crippen molar-refractivity contribution in [1.29, 1.82) is 0 Å². The first-order chi connectivity index (χ1) is 14.2. The number of imidazole rings is 1. The van der Waals surface area contributed by atoms with Crippen molar-refractivity contribution in [1.82, 2.24) is 9.97 Å². The lowest BCUT2D eigenvalue weighted by Crippen LogP contribution is -2.81. The molecule has 0 aliphatic heterocycles. The smallest absolute Gasteiger partial charge is 0.328 e. The Bertz CT molecular complexity index is 1380. The molecule has 0 aliphatic carbocycles. The molecule has 0 unspecified atom stereocenters. The Balaban J connectivity index is 1.62. The number of hydrogen-bond acceptors (Lipinski definition) is 4. The number of H-pyrrole nitrogens is 1. The Morgan fingerprint density at radius 2 is 1.73 bits per heavy atom. The van der Waals surface area contributed by atoms with Crippen LogP contribution in [-0.4, -0.2) is 24.3 Å². The number of carbonyl (C=O) groups is 1. The summed E-state index contributed by atoms with van der Waals surface area (Å²) in [5.41, 5.74) is 8.04. The number of fused-ring (bicyclic) bond motifs is 1. The van der Waals surface area contributed by atoms with Gasteiger partial charge in [0.1, 0.15) is 15.7 Å². The number of aromatic amines is 1. The summed E-state index contributed by atoms with van der Waals surface area (Å²) in [6, 6.07) is 15.8. The van der Waals surface area contributed by atoms with Crippen molar-refractivity contribution in [2.24, 2.45) is 5.73 Å². The molecule has 5 N–H and O–H groups in total. The number of carbonyl (C=O) groups excluding carboxylic acids is 1. The van der Waals surface area contributed by atoms with E-state index in [1.807, 2.05) is 0 Å². The minimum Gasteiger partial charge on any atom is -0.366 e. The van der Waals surface area contributed by atoms with Crippen molar-refractivity contribution < 1.29 is 17.9 Å². The summed E-state index contributed by atoms with van der Waals surface area (Å²) in [5, 5.41) is 0.674. The van der Waals surface area contributed by atoms with Gasteiger partial charge in [0, 0.05) is 22.2 Å². The molecule has 1 amide bonds. The highest BCUT2D eigenvalue weighted by atomic mass is 35.5. The number of sulfonamides is 1. The number of quaternary nitrogens is 1.